The highest BCUT2D eigenvalue weighted by Gasteiger charge is 2.12. The molecule has 0 saturated carbocycles. The van der Waals surface area contributed by atoms with Crippen LogP contribution in [0.3, 0.4) is 0 Å². The van der Waals surface area contributed by atoms with Gasteiger partial charge in [-0.05, 0) is 41.6 Å². The molecule has 1 aromatic heterocycles. The summed E-state index contributed by atoms with van der Waals surface area (Å²) in [4.78, 5) is 22.4. The second kappa shape index (κ2) is 5.91. The van der Waals surface area contributed by atoms with E-state index in [1.54, 1.807) is 31.2 Å². The summed E-state index contributed by atoms with van der Waals surface area (Å²) in [6, 6.07) is 6.22. The van der Waals surface area contributed by atoms with Gasteiger partial charge in [0.15, 0.2) is 0 Å². The van der Waals surface area contributed by atoms with Gasteiger partial charge in [-0.25, -0.2) is 4.68 Å². The van der Waals surface area contributed by atoms with E-state index >= 15 is 0 Å². The van der Waals surface area contributed by atoms with Gasteiger partial charge in [-0.3, -0.25) is 9.59 Å². The Morgan fingerprint density at radius 1 is 1.35 bits per heavy atom. The van der Waals surface area contributed by atoms with Crippen LogP contribution in [0.5, 0.6) is 0 Å². The zero-order valence-corrected chi connectivity index (χ0v) is 10.7. The van der Waals surface area contributed by atoms with E-state index in [1.807, 2.05) is 0 Å². The van der Waals surface area contributed by atoms with Crippen LogP contribution >= 0.6 is 0 Å². The molecule has 0 saturated heterocycles. The molecule has 2 rings (SSSR count). The van der Waals surface area contributed by atoms with E-state index in [4.69, 9.17) is 5.11 Å². The number of carbonyl (C=O) groups is 2. The van der Waals surface area contributed by atoms with Crippen molar-refractivity contribution in [3.05, 3.63) is 36.2 Å². The van der Waals surface area contributed by atoms with Gasteiger partial charge in [-0.15, -0.1) is 5.10 Å². The average Bonchev–Trinajstić information content (AvgIpc) is 2.91. The highest BCUT2D eigenvalue weighted by molar-refractivity contribution is 5.94. The van der Waals surface area contributed by atoms with Gasteiger partial charge in [-0.1, -0.05) is 0 Å². The fourth-order valence-corrected chi connectivity index (χ4v) is 1.67. The Bertz CT molecular complexity index is 594. The van der Waals surface area contributed by atoms with Crippen molar-refractivity contribution in [2.45, 2.75) is 19.4 Å². The molecule has 1 amide bonds. The number of aromatic nitrogens is 4. The van der Waals surface area contributed by atoms with Crippen molar-refractivity contribution in [2.75, 3.05) is 0 Å². The van der Waals surface area contributed by atoms with Gasteiger partial charge in [0.05, 0.1) is 12.1 Å². The van der Waals surface area contributed by atoms with Crippen LogP contribution < -0.4 is 5.32 Å². The first-order valence-corrected chi connectivity index (χ1v) is 5.92. The minimum absolute atomic E-state index is 0.117. The highest BCUT2D eigenvalue weighted by atomic mass is 16.4. The summed E-state index contributed by atoms with van der Waals surface area (Å²) in [5, 5.41) is 22.0. The molecule has 0 spiro atoms. The second-order valence-corrected chi connectivity index (χ2v) is 4.27. The number of hydrogen-bond acceptors (Lipinski definition) is 5. The van der Waals surface area contributed by atoms with Gasteiger partial charge < -0.3 is 10.4 Å². The quantitative estimate of drug-likeness (QED) is 0.809. The van der Waals surface area contributed by atoms with Crippen LogP contribution in [0.25, 0.3) is 5.69 Å². The maximum absolute atomic E-state index is 11.9. The molecule has 1 unspecified atom stereocenters. The normalized spacial score (nSPS) is 11.8. The summed E-state index contributed by atoms with van der Waals surface area (Å²) in [6.45, 7) is 1.64. The summed E-state index contributed by atoms with van der Waals surface area (Å²) in [7, 11) is 0. The number of rotatable bonds is 5. The molecule has 2 N–H and O–H groups in total. The molecule has 0 radical (unpaired) electrons. The molecule has 1 heterocycles. The van der Waals surface area contributed by atoms with Crippen molar-refractivity contribution in [2.24, 2.45) is 0 Å². The number of nitrogens with zero attached hydrogens (tertiary/aromatic N) is 4. The zero-order valence-electron chi connectivity index (χ0n) is 10.7. The van der Waals surface area contributed by atoms with E-state index in [1.165, 1.54) is 11.0 Å². The van der Waals surface area contributed by atoms with Gasteiger partial charge in [0.25, 0.3) is 5.91 Å². The van der Waals surface area contributed by atoms with Crippen LogP contribution in [-0.4, -0.2) is 43.2 Å². The third-order valence-electron chi connectivity index (χ3n) is 2.60. The smallest absolute Gasteiger partial charge is 0.305 e. The van der Waals surface area contributed by atoms with Crippen molar-refractivity contribution in [3.8, 4) is 5.69 Å². The summed E-state index contributed by atoms with van der Waals surface area (Å²) >= 11 is 0. The van der Waals surface area contributed by atoms with E-state index in [-0.39, 0.29) is 12.3 Å². The van der Waals surface area contributed by atoms with Crippen LogP contribution in [0.1, 0.15) is 23.7 Å². The third-order valence-corrected chi connectivity index (χ3v) is 2.60. The molecular weight excluding hydrogens is 262 g/mol. The molecule has 104 valence electrons. The molecule has 0 aliphatic rings. The van der Waals surface area contributed by atoms with E-state index in [2.05, 4.69) is 20.8 Å². The minimum atomic E-state index is -0.952. The molecule has 8 heteroatoms. The Morgan fingerprint density at radius 3 is 2.60 bits per heavy atom. The number of nitrogens with one attached hydrogen (secondary N) is 1. The number of benzene rings is 1. The third kappa shape index (κ3) is 3.37. The Labute approximate surface area is 114 Å². The fourth-order valence-electron chi connectivity index (χ4n) is 1.67. The van der Waals surface area contributed by atoms with Crippen molar-refractivity contribution in [3.63, 3.8) is 0 Å². The standard InChI is InChI=1S/C12H13N5O3/c1-8(6-11(18)19)14-12(20)9-2-4-10(5-3-9)17-7-13-15-16-17/h2-5,7-8H,6H2,1H3,(H,14,20)(H,18,19). The summed E-state index contributed by atoms with van der Waals surface area (Å²) in [6.07, 6.45) is 1.33. The molecule has 0 fully saturated rings. The number of carboxylic acid groups (broad SMARTS) is 1. The second-order valence-electron chi connectivity index (χ2n) is 4.27. The zero-order chi connectivity index (χ0) is 14.5. The van der Waals surface area contributed by atoms with E-state index < -0.39 is 12.0 Å². The maximum Gasteiger partial charge on any atom is 0.305 e. The van der Waals surface area contributed by atoms with Gasteiger partial charge in [0, 0.05) is 11.6 Å². The van der Waals surface area contributed by atoms with Gasteiger partial charge in [-0.2, -0.15) is 0 Å². The van der Waals surface area contributed by atoms with E-state index in [0.29, 0.717) is 5.56 Å². The number of amides is 1. The van der Waals surface area contributed by atoms with E-state index in [9.17, 15) is 9.59 Å². The average molecular weight is 275 g/mol. The summed E-state index contributed by atoms with van der Waals surface area (Å²) in [5.74, 6) is -1.27. The predicted molar refractivity (Wildman–Crippen MR) is 68.3 cm³/mol. The van der Waals surface area contributed by atoms with Crippen LogP contribution in [0.2, 0.25) is 0 Å². The number of tetrazole rings is 1. The van der Waals surface area contributed by atoms with Crippen molar-refractivity contribution >= 4 is 11.9 Å². The van der Waals surface area contributed by atoms with Crippen molar-refractivity contribution in [1.82, 2.24) is 25.5 Å². The first-order valence-electron chi connectivity index (χ1n) is 5.92. The monoisotopic (exact) mass is 275 g/mol. The Hall–Kier alpha value is -2.77. The molecule has 0 bridgehead atoms. The van der Waals surface area contributed by atoms with Crippen molar-refractivity contribution < 1.29 is 14.7 Å². The first-order chi connectivity index (χ1) is 9.56. The lowest BCUT2D eigenvalue weighted by atomic mass is 10.1. The molecule has 8 nitrogen and oxygen atoms in total. The minimum Gasteiger partial charge on any atom is -0.481 e. The fraction of sp³-hybridized carbons (Fsp3) is 0.250. The van der Waals surface area contributed by atoms with Crippen LogP contribution in [0, 0.1) is 0 Å². The lowest BCUT2D eigenvalue weighted by molar-refractivity contribution is -0.137. The summed E-state index contributed by atoms with van der Waals surface area (Å²) < 4.78 is 1.47. The summed E-state index contributed by atoms with van der Waals surface area (Å²) in [5.41, 5.74) is 1.17. The molecule has 20 heavy (non-hydrogen) atoms. The Morgan fingerprint density at radius 2 is 2.05 bits per heavy atom. The number of hydrogen-bond donors (Lipinski definition) is 2. The predicted octanol–water partition coefficient (Wildman–Crippen LogP) is 0.255. The van der Waals surface area contributed by atoms with Crippen LogP contribution in [0.15, 0.2) is 30.6 Å². The van der Waals surface area contributed by atoms with Crippen molar-refractivity contribution in [1.29, 1.82) is 0 Å². The maximum atomic E-state index is 11.9. The Balaban J connectivity index is 2.02. The number of aliphatic carboxylic acids is 1. The molecular formula is C12H13N5O3. The van der Waals surface area contributed by atoms with Crippen LogP contribution in [0.4, 0.5) is 0 Å². The highest BCUT2D eigenvalue weighted by Crippen LogP contribution is 2.08. The lowest BCUT2D eigenvalue weighted by Gasteiger charge is -2.11. The molecule has 0 aliphatic carbocycles. The lowest BCUT2D eigenvalue weighted by Crippen LogP contribution is -2.34. The SMILES string of the molecule is CC(CC(=O)O)NC(=O)c1ccc(-n2cnnn2)cc1. The van der Waals surface area contributed by atoms with Gasteiger partial charge in [0.2, 0.25) is 0 Å². The molecule has 0 aliphatic heterocycles. The largest absolute Gasteiger partial charge is 0.481 e. The van der Waals surface area contributed by atoms with Gasteiger partial charge in [0.1, 0.15) is 6.33 Å². The first kappa shape index (κ1) is 13.7. The van der Waals surface area contributed by atoms with Gasteiger partial charge >= 0.3 is 5.97 Å². The molecule has 1 atom stereocenters. The Kier molecular flexibility index (Phi) is 4.04. The van der Waals surface area contributed by atoms with Crippen LogP contribution in [-0.2, 0) is 4.79 Å². The number of carbonyl (C=O) groups excluding carboxylic acids is 1. The van der Waals surface area contributed by atoms with E-state index in [0.717, 1.165) is 5.69 Å². The number of carboxylic acids is 1. The topological polar surface area (TPSA) is 110 Å². The molecule has 2 aromatic rings. The molecule has 1 aromatic carbocycles.